The predicted molar refractivity (Wildman–Crippen MR) is 75.5 cm³/mol. The first-order valence-corrected chi connectivity index (χ1v) is 6.26. The molecule has 108 valence electrons. The minimum Gasteiger partial charge on any atom is -0.476 e. The number of hydrogen-bond acceptors (Lipinski definition) is 4. The fourth-order valence-corrected chi connectivity index (χ4v) is 1.61. The molecule has 2 aromatic heterocycles. The van der Waals surface area contributed by atoms with Gasteiger partial charge in [0.15, 0.2) is 5.69 Å². The van der Waals surface area contributed by atoms with E-state index in [1.54, 1.807) is 29.1 Å². The Bertz CT molecular complexity index is 649. The molecule has 0 aliphatic carbocycles. The van der Waals surface area contributed by atoms with E-state index in [1.807, 2.05) is 6.07 Å². The van der Waals surface area contributed by atoms with Crippen molar-refractivity contribution in [3.8, 4) is 0 Å². The van der Waals surface area contributed by atoms with Crippen LogP contribution in [0, 0.1) is 0 Å². The van der Waals surface area contributed by atoms with Crippen molar-refractivity contribution in [2.45, 2.75) is 6.54 Å². The highest BCUT2D eigenvalue weighted by molar-refractivity contribution is 5.91. The molecule has 21 heavy (non-hydrogen) atoms. The van der Waals surface area contributed by atoms with Gasteiger partial charge in [0.25, 0.3) is 0 Å². The normalized spacial score (nSPS) is 10.7. The minimum atomic E-state index is -1.07. The first-order valence-electron chi connectivity index (χ1n) is 6.26. The standard InChI is InChI=1S/C14H14N4O3/c19-13(4-3-11-2-1-5-15-8-11)16-6-7-18-9-12(14(20)21)17-10-18/h1-5,8-10H,6-7H2,(H,16,19)(H,20,21)/b4-3+. The number of aromatic nitrogens is 3. The summed E-state index contributed by atoms with van der Waals surface area (Å²) in [6.07, 6.45) is 9.24. The maximum Gasteiger partial charge on any atom is 0.356 e. The lowest BCUT2D eigenvalue weighted by atomic mass is 10.2. The number of carbonyl (C=O) groups is 2. The number of aromatic carboxylic acids is 1. The Labute approximate surface area is 121 Å². The summed E-state index contributed by atoms with van der Waals surface area (Å²) in [5.41, 5.74) is 0.825. The monoisotopic (exact) mass is 286 g/mol. The summed E-state index contributed by atoms with van der Waals surface area (Å²) in [5.74, 6) is -1.30. The molecule has 2 rings (SSSR count). The largest absolute Gasteiger partial charge is 0.476 e. The number of nitrogens with one attached hydrogen (secondary N) is 1. The van der Waals surface area contributed by atoms with Crippen LogP contribution < -0.4 is 5.32 Å². The van der Waals surface area contributed by atoms with Crippen LogP contribution in [0.5, 0.6) is 0 Å². The molecule has 0 fully saturated rings. The van der Waals surface area contributed by atoms with Crippen LogP contribution in [-0.4, -0.2) is 38.1 Å². The number of carbonyl (C=O) groups excluding carboxylic acids is 1. The van der Waals surface area contributed by atoms with Gasteiger partial charge in [0.1, 0.15) is 0 Å². The molecule has 0 bridgehead atoms. The predicted octanol–water partition coefficient (Wildman–Crippen LogP) is 0.806. The third-order valence-electron chi connectivity index (χ3n) is 2.63. The average molecular weight is 286 g/mol. The SMILES string of the molecule is O=C(/C=C/c1cccnc1)NCCn1cnc(C(=O)O)c1. The zero-order chi connectivity index (χ0) is 15.1. The van der Waals surface area contributed by atoms with Crippen molar-refractivity contribution < 1.29 is 14.7 Å². The van der Waals surface area contributed by atoms with E-state index in [1.165, 1.54) is 18.6 Å². The van der Waals surface area contributed by atoms with Crippen molar-refractivity contribution in [2.24, 2.45) is 0 Å². The van der Waals surface area contributed by atoms with Crippen LogP contribution in [0.15, 0.2) is 43.1 Å². The molecule has 2 N–H and O–H groups in total. The van der Waals surface area contributed by atoms with E-state index >= 15 is 0 Å². The second-order valence-electron chi connectivity index (χ2n) is 4.21. The topological polar surface area (TPSA) is 97.1 Å². The molecule has 0 aliphatic rings. The Balaban J connectivity index is 1.76. The molecular formula is C14H14N4O3. The molecule has 0 saturated carbocycles. The lowest BCUT2D eigenvalue weighted by molar-refractivity contribution is -0.116. The summed E-state index contributed by atoms with van der Waals surface area (Å²) < 4.78 is 1.61. The fraction of sp³-hybridized carbons (Fsp3) is 0.143. The number of carboxylic acid groups (broad SMARTS) is 1. The summed E-state index contributed by atoms with van der Waals surface area (Å²) in [6.45, 7) is 0.832. The van der Waals surface area contributed by atoms with Crippen molar-refractivity contribution in [2.75, 3.05) is 6.54 Å². The molecule has 7 heteroatoms. The summed E-state index contributed by atoms with van der Waals surface area (Å²) in [5, 5.41) is 11.4. The highest BCUT2D eigenvalue weighted by Crippen LogP contribution is 1.98. The molecule has 2 heterocycles. The second kappa shape index (κ2) is 6.99. The molecule has 1 amide bonds. The molecule has 0 saturated heterocycles. The average Bonchev–Trinajstić information content (AvgIpc) is 2.95. The highest BCUT2D eigenvalue weighted by Gasteiger charge is 2.05. The molecule has 2 aromatic rings. The molecule has 0 unspecified atom stereocenters. The van der Waals surface area contributed by atoms with Crippen molar-refractivity contribution in [1.29, 1.82) is 0 Å². The first-order chi connectivity index (χ1) is 10.1. The molecule has 0 radical (unpaired) electrons. The summed E-state index contributed by atoms with van der Waals surface area (Å²) >= 11 is 0. The first kappa shape index (κ1) is 14.4. The maximum atomic E-state index is 11.6. The zero-order valence-electron chi connectivity index (χ0n) is 11.1. The fourth-order valence-electron chi connectivity index (χ4n) is 1.61. The van der Waals surface area contributed by atoms with Crippen LogP contribution >= 0.6 is 0 Å². The van der Waals surface area contributed by atoms with Gasteiger partial charge in [-0.1, -0.05) is 6.07 Å². The van der Waals surface area contributed by atoms with E-state index in [0.29, 0.717) is 13.1 Å². The number of nitrogens with zero attached hydrogens (tertiary/aromatic N) is 3. The van der Waals surface area contributed by atoms with E-state index in [2.05, 4.69) is 15.3 Å². The Kier molecular flexibility index (Phi) is 4.81. The van der Waals surface area contributed by atoms with Gasteiger partial charge in [-0.2, -0.15) is 0 Å². The van der Waals surface area contributed by atoms with Gasteiger partial charge in [-0.15, -0.1) is 0 Å². The summed E-state index contributed by atoms with van der Waals surface area (Å²) in [4.78, 5) is 29.9. The van der Waals surface area contributed by atoms with Crippen LogP contribution in [0.1, 0.15) is 16.1 Å². The van der Waals surface area contributed by atoms with Crippen LogP contribution in [0.4, 0.5) is 0 Å². The second-order valence-corrected chi connectivity index (χ2v) is 4.21. The molecule has 0 spiro atoms. The lowest BCUT2D eigenvalue weighted by Gasteiger charge is -2.02. The molecule has 0 aromatic carbocycles. The van der Waals surface area contributed by atoms with Crippen LogP contribution in [0.25, 0.3) is 6.08 Å². The number of hydrogen-bond donors (Lipinski definition) is 2. The van der Waals surface area contributed by atoms with Gasteiger partial charge < -0.3 is 15.0 Å². The number of pyridine rings is 1. The van der Waals surface area contributed by atoms with Gasteiger partial charge >= 0.3 is 5.97 Å². The number of imidazole rings is 1. The van der Waals surface area contributed by atoms with Gasteiger partial charge in [0.05, 0.1) is 6.33 Å². The van der Waals surface area contributed by atoms with Gasteiger partial charge in [-0.05, 0) is 17.7 Å². The smallest absolute Gasteiger partial charge is 0.356 e. The highest BCUT2D eigenvalue weighted by atomic mass is 16.4. The van der Waals surface area contributed by atoms with E-state index in [4.69, 9.17) is 5.11 Å². The zero-order valence-corrected chi connectivity index (χ0v) is 11.1. The van der Waals surface area contributed by atoms with Crippen molar-refractivity contribution in [3.05, 3.63) is 54.4 Å². The van der Waals surface area contributed by atoms with E-state index in [9.17, 15) is 9.59 Å². The molecule has 7 nitrogen and oxygen atoms in total. The third-order valence-corrected chi connectivity index (χ3v) is 2.63. The number of rotatable bonds is 6. The maximum absolute atomic E-state index is 11.6. The van der Waals surface area contributed by atoms with Crippen molar-refractivity contribution in [1.82, 2.24) is 19.9 Å². The van der Waals surface area contributed by atoms with Crippen LogP contribution in [-0.2, 0) is 11.3 Å². The van der Waals surface area contributed by atoms with Gasteiger partial charge in [0.2, 0.25) is 5.91 Å². The minimum absolute atomic E-state index is 0.0159. The third kappa shape index (κ3) is 4.57. The summed E-state index contributed by atoms with van der Waals surface area (Å²) in [6, 6.07) is 3.63. The van der Waals surface area contributed by atoms with Crippen LogP contribution in [0.3, 0.4) is 0 Å². The van der Waals surface area contributed by atoms with Crippen LogP contribution in [0.2, 0.25) is 0 Å². The van der Waals surface area contributed by atoms with Gasteiger partial charge in [-0.3, -0.25) is 9.78 Å². The molecule has 0 atom stereocenters. The Morgan fingerprint density at radius 2 is 2.29 bits per heavy atom. The van der Waals surface area contributed by atoms with E-state index in [0.717, 1.165) is 5.56 Å². The van der Waals surface area contributed by atoms with E-state index < -0.39 is 5.97 Å². The lowest BCUT2D eigenvalue weighted by Crippen LogP contribution is -2.25. The Morgan fingerprint density at radius 1 is 1.43 bits per heavy atom. The molecular weight excluding hydrogens is 272 g/mol. The van der Waals surface area contributed by atoms with Crippen molar-refractivity contribution >= 4 is 18.0 Å². The number of carboxylic acids is 1. The number of amides is 1. The van der Waals surface area contributed by atoms with Crippen molar-refractivity contribution in [3.63, 3.8) is 0 Å². The van der Waals surface area contributed by atoms with Gasteiger partial charge in [-0.25, -0.2) is 9.78 Å². The summed E-state index contributed by atoms with van der Waals surface area (Å²) in [7, 11) is 0. The Morgan fingerprint density at radius 3 is 2.95 bits per heavy atom. The van der Waals surface area contributed by atoms with E-state index in [-0.39, 0.29) is 11.6 Å². The quantitative estimate of drug-likeness (QED) is 0.766. The van der Waals surface area contributed by atoms with Gasteiger partial charge in [0, 0.05) is 37.8 Å². The Hall–Kier alpha value is -2.96. The molecule has 0 aliphatic heterocycles.